The van der Waals surface area contributed by atoms with Gasteiger partial charge in [0.15, 0.2) is 0 Å². The van der Waals surface area contributed by atoms with Gasteiger partial charge in [-0.05, 0) is 55.2 Å². The molecular formula is C22H24N2O2S. The first kappa shape index (κ1) is 18.1. The first-order valence-corrected chi connectivity index (χ1v) is 10.6. The van der Waals surface area contributed by atoms with E-state index in [0.29, 0.717) is 5.75 Å². The zero-order chi connectivity index (χ0) is 18.8. The molecule has 2 amide bonds. The maximum absolute atomic E-state index is 12.5. The molecule has 2 fully saturated rings. The lowest BCUT2D eigenvalue weighted by molar-refractivity contribution is -0.119. The highest BCUT2D eigenvalue weighted by molar-refractivity contribution is 8.00. The van der Waals surface area contributed by atoms with Gasteiger partial charge in [0.25, 0.3) is 0 Å². The van der Waals surface area contributed by atoms with Crippen LogP contribution in [-0.4, -0.2) is 17.6 Å². The Morgan fingerprint density at radius 2 is 1.85 bits per heavy atom. The molecule has 2 aromatic carbocycles. The Balaban J connectivity index is 1.50. The van der Waals surface area contributed by atoms with Crippen molar-refractivity contribution < 1.29 is 9.59 Å². The first-order valence-electron chi connectivity index (χ1n) is 9.53. The molecule has 1 saturated heterocycles. The van der Waals surface area contributed by atoms with E-state index in [0.717, 1.165) is 48.2 Å². The number of rotatable bonds is 4. The summed E-state index contributed by atoms with van der Waals surface area (Å²) >= 11 is 1.64. The molecule has 1 N–H and O–H groups in total. The van der Waals surface area contributed by atoms with Gasteiger partial charge in [-0.3, -0.25) is 14.5 Å². The zero-order valence-corrected chi connectivity index (χ0v) is 16.3. The van der Waals surface area contributed by atoms with Gasteiger partial charge >= 0.3 is 0 Å². The maximum atomic E-state index is 12.5. The molecule has 0 spiro atoms. The number of benzene rings is 2. The van der Waals surface area contributed by atoms with Crippen LogP contribution in [0.15, 0.2) is 48.5 Å². The molecular weight excluding hydrogens is 356 g/mol. The number of carbonyl (C=O) groups excluding carboxylic acids is 2. The molecule has 1 atom stereocenters. The Labute approximate surface area is 164 Å². The maximum Gasteiger partial charge on any atom is 0.238 e. The normalized spacial score (nSPS) is 20.3. The van der Waals surface area contributed by atoms with E-state index in [1.807, 2.05) is 60.4 Å². The second kappa shape index (κ2) is 7.77. The van der Waals surface area contributed by atoms with Gasteiger partial charge in [-0.1, -0.05) is 37.1 Å². The standard InChI is InChI=1S/C22H24N2O2S/c1-15-5-4-8-19(13-15)24-20(25)14-27-22(24)17-9-11-18(12-10-17)23-21(26)16-6-2-3-7-16/h4-5,8-13,16,22H,2-3,6-7,14H2,1H3,(H,23,26)/t22-/m1/s1. The van der Waals surface area contributed by atoms with E-state index in [9.17, 15) is 9.59 Å². The Morgan fingerprint density at radius 1 is 1.11 bits per heavy atom. The Bertz CT molecular complexity index is 844. The topological polar surface area (TPSA) is 49.4 Å². The van der Waals surface area contributed by atoms with Gasteiger partial charge < -0.3 is 5.32 Å². The SMILES string of the molecule is Cc1cccc(N2C(=O)CS[C@@H]2c2ccc(NC(=O)C3CCCC3)cc2)c1. The molecule has 1 heterocycles. The van der Waals surface area contributed by atoms with Gasteiger partial charge in [-0.2, -0.15) is 0 Å². The number of thioether (sulfide) groups is 1. The van der Waals surface area contributed by atoms with E-state index in [-0.39, 0.29) is 23.1 Å². The quantitative estimate of drug-likeness (QED) is 0.820. The van der Waals surface area contributed by atoms with E-state index < -0.39 is 0 Å². The third-order valence-electron chi connectivity index (χ3n) is 5.34. The largest absolute Gasteiger partial charge is 0.326 e. The molecule has 2 aromatic rings. The highest BCUT2D eigenvalue weighted by Crippen LogP contribution is 2.42. The summed E-state index contributed by atoms with van der Waals surface area (Å²) in [5, 5.41) is 3.01. The molecule has 4 nitrogen and oxygen atoms in total. The Kier molecular flexibility index (Phi) is 5.21. The number of hydrogen-bond acceptors (Lipinski definition) is 3. The minimum atomic E-state index is -0.0288. The van der Waals surface area contributed by atoms with Crippen LogP contribution in [0.1, 0.15) is 42.2 Å². The van der Waals surface area contributed by atoms with Crippen LogP contribution in [0.3, 0.4) is 0 Å². The summed E-state index contributed by atoms with van der Waals surface area (Å²) < 4.78 is 0. The van der Waals surface area contributed by atoms with Crippen LogP contribution in [0, 0.1) is 12.8 Å². The lowest BCUT2D eigenvalue weighted by Gasteiger charge is -2.25. The predicted molar refractivity (Wildman–Crippen MR) is 111 cm³/mol. The van der Waals surface area contributed by atoms with Crippen LogP contribution in [0.25, 0.3) is 0 Å². The number of amides is 2. The van der Waals surface area contributed by atoms with Gasteiger partial charge in [-0.15, -0.1) is 11.8 Å². The number of aryl methyl sites for hydroxylation is 1. The molecule has 0 aromatic heterocycles. The lowest BCUT2D eigenvalue weighted by Crippen LogP contribution is -2.27. The van der Waals surface area contributed by atoms with Crippen LogP contribution in [0.4, 0.5) is 11.4 Å². The number of carbonyl (C=O) groups is 2. The van der Waals surface area contributed by atoms with Gasteiger partial charge in [0.2, 0.25) is 11.8 Å². The molecule has 1 saturated carbocycles. The van der Waals surface area contributed by atoms with Gasteiger partial charge in [0, 0.05) is 17.3 Å². The van der Waals surface area contributed by atoms with Crippen molar-refractivity contribution in [3.05, 3.63) is 59.7 Å². The summed E-state index contributed by atoms with van der Waals surface area (Å²) in [5.74, 6) is 0.907. The fourth-order valence-electron chi connectivity index (χ4n) is 3.89. The van der Waals surface area contributed by atoms with Crippen molar-refractivity contribution in [1.29, 1.82) is 0 Å². The molecule has 4 rings (SSSR count). The van der Waals surface area contributed by atoms with Crippen molar-refractivity contribution in [2.24, 2.45) is 5.92 Å². The fraction of sp³-hybridized carbons (Fsp3) is 0.364. The third-order valence-corrected chi connectivity index (χ3v) is 6.55. The van der Waals surface area contributed by atoms with E-state index in [4.69, 9.17) is 0 Å². The monoisotopic (exact) mass is 380 g/mol. The van der Waals surface area contributed by atoms with Crippen LogP contribution in [-0.2, 0) is 9.59 Å². The van der Waals surface area contributed by atoms with Crippen molar-refractivity contribution in [1.82, 2.24) is 0 Å². The smallest absolute Gasteiger partial charge is 0.238 e. The summed E-state index contributed by atoms with van der Waals surface area (Å²) in [6.07, 6.45) is 4.30. The summed E-state index contributed by atoms with van der Waals surface area (Å²) in [6.45, 7) is 2.04. The highest BCUT2D eigenvalue weighted by Gasteiger charge is 2.34. The van der Waals surface area contributed by atoms with Crippen LogP contribution < -0.4 is 10.2 Å². The number of nitrogens with zero attached hydrogens (tertiary/aromatic N) is 1. The summed E-state index contributed by atoms with van der Waals surface area (Å²) in [5.41, 5.74) is 3.98. The molecule has 140 valence electrons. The van der Waals surface area contributed by atoms with Crippen molar-refractivity contribution in [3.8, 4) is 0 Å². The molecule has 5 heteroatoms. The molecule has 0 radical (unpaired) electrons. The fourth-order valence-corrected chi connectivity index (χ4v) is 5.07. The second-order valence-corrected chi connectivity index (χ2v) is 8.43. The molecule has 1 aliphatic carbocycles. The average Bonchev–Trinajstić information content (AvgIpc) is 3.32. The number of nitrogens with one attached hydrogen (secondary N) is 1. The van der Waals surface area contributed by atoms with Crippen LogP contribution in [0.5, 0.6) is 0 Å². The molecule has 1 aliphatic heterocycles. The average molecular weight is 381 g/mol. The Morgan fingerprint density at radius 3 is 2.56 bits per heavy atom. The van der Waals surface area contributed by atoms with E-state index in [2.05, 4.69) is 5.32 Å². The first-order chi connectivity index (χ1) is 13.1. The molecule has 0 bridgehead atoms. The Hall–Kier alpha value is -2.27. The third kappa shape index (κ3) is 3.88. The van der Waals surface area contributed by atoms with Gasteiger partial charge in [0.1, 0.15) is 5.37 Å². The van der Waals surface area contributed by atoms with Crippen molar-refractivity contribution in [2.75, 3.05) is 16.0 Å². The minimum absolute atomic E-state index is 0.0288. The van der Waals surface area contributed by atoms with Crippen molar-refractivity contribution in [3.63, 3.8) is 0 Å². The second-order valence-electron chi connectivity index (χ2n) is 7.36. The molecule has 0 unspecified atom stereocenters. The highest BCUT2D eigenvalue weighted by atomic mass is 32.2. The molecule has 27 heavy (non-hydrogen) atoms. The number of hydrogen-bond donors (Lipinski definition) is 1. The van der Waals surface area contributed by atoms with Crippen molar-refractivity contribution >= 4 is 35.0 Å². The van der Waals surface area contributed by atoms with E-state index >= 15 is 0 Å². The lowest BCUT2D eigenvalue weighted by atomic mass is 10.1. The number of anilines is 2. The van der Waals surface area contributed by atoms with Gasteiger partial charge in [0.05, 0.1) is 5.75 Å². The molecule has 2 aliphatic rings. The zero-order valence-electron chi connectivity index (χ0n) is 15.5. The summed E-state index contributed by atoms with van der Waals surface area (Å²) in [7, 11) is 0. The minimum Gasteiger partial charge on any atom is -0.326 e. The van der Waals surface area contributed by atoms with E-state index in [1.165, 1.54) is 0 Å². The summed E-state index contributed by atoms with van der Waals surface area (Å²) in [6, 6.07) is 16.0. The van der Waals surface area contributed by atoms with Gasteiger partial charge in [-0.25, -0.2) is 0 Å². The van der Waals surface area contributed by atoms with E-state index in [1.54, 1.807) is 11.8 Å². The predicted octanol–water partition coefficient (Wildman–Crippen LogP) is 4.90. The van der Waals surface area contributed by atoms with Crippen LogP contribution in [0.2, 0.25) is 0 Å². The summed E-state index contributed by atoms with van der Waals surface area (Å²) in [4.78, 5) is 26.7. The van der Waals surface area contributed by atoms with Crippen molar-refractivity contribution in [2.45, 2.75) is 38.0 Å². The van der Waals surface area contributed by atoms with Crippen LogP contribution >= 0.6 is 11.8 Å².